The molecule has 1 amide bonds. The molecule has 0 aliphatic heterocycles. The number of anilines is 1. The molecule has 90 valence electrons. The van der Waals surface area contributed by atoms with Crippen LogP contribution in [0.5, 0.6) is 0 Å². The van der Waals surface area contributed by atoms with E-state index in [2.05, 4.69) is 15.2 Å². The molecule has 0 aliphatic rings. The molecule has 2 heterocycles. The minimum absolute atomic E-state index is 0.139. The second-order valence-corrected chi connectivity index (χ2v) is 5.03. The highest BCUT2D eigenvalue weighted by molar-refractivity contribution is 7.11. The van der Waals surface area contributed by atoms with Gasteiger partial charge >= 0.3 is 0 Å². The number of aromatic nitrogens is 3. The lowest BCUT2D eigenvalue weighted by Gasteiger charge is -2.14. The maximum Gasteiger partial charge on any atom is 0.272 e. The predicted molar refractivity (Wildman–Crippen MR) is 65.6 cm³/mol. The standard InChI is InChI=1S/C10H13N5OS/c1-6-12-4-7(17-6)5-15(2)10(16)8-3-9(11)14-13-8/h3-4H,5H2,1-2H3,(H3,11,13,14). The van der Waals surface area contributed by atoms with Crippen molar-refractivity contribution in [1.29, 1.82) is 0 Å². The van der Waals surface area contributed by atoms with Gasteiger partial charge in [-0.2, -0.15) is 5.10 Å². The Morgan fingerprint density at radius 2 is 2.41 bits per heavy atom. The molecule has 3 N–H and O–H groups in total. The largest absolute Gasteiger partial charge is 0.382 e. The van der Waals surface area contributed by atoms with Crippen molar-refractivity contribution in [3.8, 4) is 0 Å². The molecule has 0 unspecified atom stereocenters. The van der Waals surface area contributed by atoms with E-state index in [0.717, 1.165) is 9.88 Å². The fraction of sp³-hybridized carbons (Fsp3) is 0.300. The van der Waals surface area contributed by atoms with Gasteiger partial charge in [0, 0.05) is 24.2 Å². The Bertz CT molecular complexity index is 532. The number of hydrogen-bond acceptors (Lipinski definition) is 5. The number of hydrogen-bond donors (Lipinski definition) is 2. The number of carbonyl (C=O) groups is 1. The topological polar surface area (TPSA) is 87.9 Å². The number of carbonyl (C=O) groups excluding carboxylic acids is 1. The molecule has 0 bridgehead atoms. The number of aryl methyl sites for hydroxylation is 1. The highest BCUT2D eigenvalue weighted by Crippen LogP contribution is 2.14. The first kappa shape index (κ1) is 11.6. The molecule has 17 heavy (non-hydrogen) atoms. The van der Waals surface area contributed by atoms with E-state index >= 15 is 0 Å². The summed E-state index contributed by atoms with van der Waals surface area (Å²) in [5, 5.41) is 7.32. The van der Waals surface area contributed by atoms with Crippen LogP contribution >= 0.6 is 11.3 Å². The molecule has 0 fully saturated rings. The van der Waals surface area contributed by atoms with Crippen molar-refractivity contribution in [2.75, 3.05) is 12.8 Å². The normalized spacial score (nSPS) is 10.5. The smallest absolute Gasteiger partial charge is 0.272 e. The fourth-order valence-corrected chi connectivity index (χ4v) is 2.28. The Kier molecular flexibility index (Phi) is 3.10. The van der Waals surface area contributed by atoms with Crippen molar-refractivity contribution in [2.24, 2.45) is 0 Å². The summed E-state index contributed by atoms with van der Waals surface area (Å²) in [6.45, 7) is 2.47. The van der Waals surface area contributed by atoms with Crippen LogP contribution in [0.15, 0.2) is 12.3 Å². The van der Waals surface area contributed by atoms with Crippen LogP contribution in [0, 0.1) is 6.92 Å². The van der Waals surface area contributed by atoms with E-state index in [0.29, 0.717) is 18.1 Å². The summed E-state index contributed by atoms with van der Waals surface area (Å²) in [5.74, 6) is 0.177. The lowest BCUT2D eigenvalue weighted by Crippen LogP contribution is -2.26. The molecule has 0 saturated heterocycles. The van der Waals surface area contributed by atoms with E-state index < -0.39 is 0 Å². The van der Waals surface area contributed by atoms with Crippen molar-refractivity contribution in [3.05, 3.63) is 27.8 Å². The predicted octanol–water partition coefficient (Wildman–Crippen LogP) is 1.03. The van der Waals surface area contributed by atoms with Crippen LogP contribution in [-0.2, 0) is 6.54 Å². The monoisotopic (exact) mass is 251 g/mol. The van der Waals surface area contributed by atoms with Gasteiger partial charge in [0.25, 0.3) is 5.91 Å². The minimum Gasteiger partial charge on any atom is -0.382 e. The molecule has 0 aromatic carbocycles. The van der Waals surface area contributed by atoms with Crippen molar-refractivity contribution in [3.63, 3.8) is 0 Å². The van der Waals surface area contributed by atoms with Crippen molar-refractivity contribution < 1.29 is 4.79 Å². The number of aromatic amines is 1. The molecular formula is C10H13N5OS. The summed E-state index contributed by atoms with van der Waals surface area (Å²) in [6.07, 6.45) is 1.78. The van der Waals surface area contributed by atoms with Gasteiger partial charge in [0.2, 0.25) is 0 Å². The Morgan fingerprint density at radius 3 is 2.94 bits per heavy atom. The average molecular weight is 251 g/mol. The number of amides is 1. The van der Waals surface area contributed by atoms with Gasteiger partial charge in [-0.1, -0.05) is 0 Å². The molecular weight excluding hydrogens is 238 g/mol. The van der Waals surface area contributed by atoms with Crippen LogP contribution in [0.3, 0.4) is 0 Å². The van der Waals surface area contributed by atoms with Gasteiger partial charge in [0.15, 0.2) is 0 Å². The van der Waals surface area contributed by atoms with E-state index in [4.69, 9.17) is 5.73 Å². The first-order valence-electron chi connectivity index (χ1n) is 5.04. The minimum atomic E-state index is -0.139. The Labute approximate surface area is 102 Å². The van der Waals surface area contributed by atoms with E-state index in [1.807, 2.05) is 6.92 Å². The Balaban J connectivity index is 2.05. The second kappa shape index (κ2) is 4.54. The molecule has 2 aromatic rings. The highest BCUT2D eigenvalue weighted by Gasteiger charge is 2.15. The SMILES string of the molecule is Cc1ncc(CN(C)C(=O)c2cc(N)n[nH]2)s1. The highest BCUT2D eigenvalue weighted by atomic mass is 32.1. The first-order chi connectivity index (χ1) is 8.06. The molecule has 7 heteroatoms. The van der Waals surface area contributed by atoms with Crippen LogP contribution in [-0.4, -0.2) is 33.0 Å². The number of nitrogen functional groups attached to an aromatic ring is 1. The quantitative estimate of drug-likeness (QED) is 0.852. The maximum atomic E-state index is 12.0. The zero-order valence-electron chi connectivity index (χ0n) is 9.60. The van der Waals surface area contributed by atoms with Gasteiger partial charge in [-0.15, -0.1) is 11.3 Å². The van der Waals surface area contributed by atoms with Crippen LogP contribution in [0.2, 0.25) is 0 Å². The number of thiazole rings is 1. The molecule has 2 rings (SSSR count). The molecule has 2 aromatic heterocycles. The summed E-state index contributed by atoms with van der Waals surface area (Å²) in [6, 6.07) is 1.52. The molecule has 0 aliphatic carbocycles. The van der Waals surface area contributed by atoms with E-state index in [-0.39, 0.29) is 5.91 Å². The van der Waals surface area contributed by atoms with Gasteiger partial charge in [0.05, 0.1) is 11.6 Å². The summed E-state index contributed by atoms with van der Waals surface area (Å²) in [7, 11) is 1.73. The summed E-state index contributed by atoms with van der Waals surface area (Å²) in [5.41, 5.74) is 5.85. The lowest BCUT2D eigenvalue weighted by molar-refractivity contribution is 0.0780. The van der Waals surface area contributed by atoms with Crippen LogP contribution in [0.4, 0.5) is 5.82 Å². The third-order valence-corrected chi connectivity index (χ3v) is 3.13. The number of nitrogens with two attached hydrogens (primary N) is 1. The Hall–Kier alpha value is -1.89. The van der Waals surface area contributed by atoms with Crippen LogP contribution in [0.25, 0.3) is 0 Å². The third-order valence-electron chi connectivity index (χ3n) is 2.24. The van der Waals surface area contributed by atoms with E-state index in [1.165, 1.54) is 6.07 Å². The zero-order valence-corrected chi connectivity index (χ0v) is 10.4. The number of nitrogens with one attached hydrogen (secondary N) is 1. The molecule has 0 radical (unpaired) electrons. The summed E-state index contributed by atoms with van der Waals surface area (Å²) in [4.78, 5) is 18.7. The molecule has 0 atom stereocenters. The molecule has 0 saturated carbocycles. The van der Waals surface area contributed by atoms with Gasteiger partial charge in [-0.3, -0.25) is 9.89 Å². The van der Waals surface area contributed by atoms with Crippen molar-refractivity contribution in [1.82, 2.24) is 20.1 Å². The van der Waals surface area contributed by atoms with Crippen molar-refractivity contribution >= 4 is 23.1 Å². The number of H-pyrrole nitrogens is 1. The number of rotatable bonds is 3. The van der Waals surface area contributed by atoms with E-state index in [9.17, 15) is 4.79 Å². The Morgan fingerprint density at radius 1 is 1.65 bits per heavy atom. The van der Waals surface area contributed by atoms with Crippen LogP contribution in [0.1, 0.15) is 20.4 Å². The second-order valence-electron chi connectivity index (χ2n) is 3.71. The lowest BCUT2D eigenvalue weighted by atomic mass is 10.3. The van der Waals surface area contributed by atoms with Gasteiger partial charge in [0.1, 0.15) is 11.5 Å². The van der Waals surface area contributed by atoms with E-state index in [1.54, 1.807) is 29.5 Å². The third kappa shape index (κ3) is 2.62. The molecule has 0 spiro atoms. The van der Waals surface area contributed by atoms with Crippen molar-refractivity contribution in [2.45, 2.75) is 13.5 Å². The van der Waals surface area contributed by atoms with Gasteiger partial charge in [-0.25, -0.2) is 4.98 Å². The zero-order chi connectivity index (χ0) is 12.4. The van der Waals surface area contributed by atoms with Crippen LogP contribution < -0.4 is 5.73 Å². The van der Waals surface area contributed by atoms with Gasteiger partial charge < -0.3 is 10.6 Å². The number of nitrogens with zero attached hydrogens (tertiary/aromatic N) is 3. The maximum absolute atomic E-state index is 12.0. The average Bonchev–Trinajstić information content (AvgIpc) is 2.87. The summed E-state index contributed by atoms with van der Waals surface area (Å²) >= 11 is 1.58. The summed E-state index contributed by atoms with van der Waals surface area (Å²) < 4.78 is 0. The molecule has 6 nitrogen and oxygen atoms in total. The van der Waals surface area contributed by atoms with Gasteiger partial charge in [-0.05, 0) is 6.92 Å². The first-order valence-corrected chi connectivity index (χ1v) is 5.85. The fourth-order valence-electron chi connectivity index (χ4n) is 1.44.